The summed E-state index contributed by atoms with van der Waals surface area (Å²) in [6.45, 7) is 1.80. The van der Waals surface area contributed by atoms with Gasteiger partial charge in [0.05, 0.1) is 20.9 Å². The molecule has 0 aliphatic carbocycles. The fraction of sp³-hybridized carbons (Fsp3) is 0.136. The molecule has 0 amide bonds. The van der Waals surface area contributed by atoms with Crippen LogP contribution in [-0.2, 0) is 10.0 Å². The average molecular weight is 436 g/mol. The number of hydrogen-bond donors (Lipinski definition) is 0. The summed E-state index contributed by atoms with van der Waals surface area (Å²) in [5, 5.41) is 10.8. The van der Waals surface area contributed by atoms with Crippen LogP contribution in [-0.4, -0.2) is 34.2 Å². The zero-order valence-corrected chi connectivity index (χ0v) is 17.7. The molecule has 0 N–H and O–H groups in total. The summed E-state index contributed by atoms with van der Waals surface area (Å²) in [4.78, 5) is 14.7. The number of non-ortho nitro benzene ring substituents is 1. The van der Waals surface area contributed by atoms with Gasteiger partial charge in [-0.3, -0.25) is 14.7 Å². The van der Waals surface area contributed by atoms with Crippen LogP contribution < -0.4 is 0 Å². The summed E-state index contributed by atoms with van der Waals surface area (Å²) in [6.07, 6.45) is 1.76. The van der Waals surface area contributed by atoms with Crippen molar-refractivity contribution in [2.45, 2.75) is 17.9 Å². The minimum atomic E-state index is -3.82. The molecule has 1 atom stereocenters. The number of imidazole rings is 1. The van der Waals surface area contributed by atoms with E-state index in [0.29, 0.717) is 0 Å². The Morgan fingerprint density at radius 3 is 2.29 bits per heavy atom. The second-order valence-electron chi connectivity index (χ2n) is 7.14. The minimum absolute atomic E-state index is 0.00829. The van der Waals surface area contributed by atoms with Crippen LogP contribution in [0, 0.1) is 10.1 Å². The normalized spacial score (nSPS) is 12.9. The number of sulfonamides is 1. The SMILES string of the molecule is C[C@@H](c1ccc(-n2cnc3ccccc32)cc1)N(C)S(=O)(=O)c1ccc([N+](=O)[O-])cc1. The first-order valence-electron chi connectivity index (χ1n) is 9.54. The summed E-state index contributed by atoms with van der Waals surface area (Å²) >= 11 is 0. The molecule has 4 aromatic rings. The fourth-order valence-corrected chi connectivity index (χ4v) is 4.75. The lowest BCUT2D eigenvalue weighted by atomic mass is 10.1. The molecular weight excluding hydrogens is 416 g/mol. The zero-order chi connectivity index (χ0) is 22.2. The number of fused-ring (bicyclic) bond motifs is 1. The van der Waals surface area contributed by atoms with Gasteiger partial charge in [0.2, 0.25) is 10.0 Å². The summed E-state index contributed by atoms with van der Waals surface area (Å²) < 4.78 is 29.2. The molecule has 0 aliphatic rings. The zero-order valence-electron chi connectivity index (χ0n) is 16.9. The van der Waals surface area contributed by atoms with E-state index < -0.39 is 21.0 Å². The van der Waals surface area contributed by atoms with Gasteiger partial charge in [0.25, 0.3) is 5.69 Å². The first-order chi connectivity index (χ1) is 14.8. The number of hydrogen-bond acceptors (Lipinski definition) is 5. The van der Waals surface area contributed by atoms with Crippen LogP contribution in [0.5, 0.6) is 0 Å². The second kappa shape index (κ2) is 7.93. The highest BCUT2D eigenvalue weighted by Gasteiger charge is 2.27. The lowest BCUT2D eigenvalue weighted by molar-refractivity contribution is -0.384. The predicted molar refractivity (Wildman–Crippen MR) is 118 cm³/mol. The van der Waals surface area contributed by atoms with Gasteiger partial charge in [0.1, 0.15) is 6.33 Å². The molecule has 3 aromatic carbocycles. The van der Waals surface area contributed by atoms with Crippen LogP contribution >= 0.6 is 0 Å². The molecule has 0 fully saturated rings. The van der Waals surface area contributed by atoms with Gasteiger partial charge in [-0.25, -0.2) is 13.4 Å². The molecular formula is C22H20N4O4S. The molecule has 0 radical (unpaired) electrons. The van der Waals surface area contributed by atoms with Gasteiger partial charge in [0, 0.05) is 30.9 Å². The van der Waals surface area contributed by atoms with E-state index in [9.17, 15) is 18.5 Å². The fourth-order valence-electron chi connectivity index (χ4n) is 3.40. The van der Waals surface area contributed by atoms with Crippen molar-refractivity contribution >= 4 is 26.7 Å². The molecule has 0 saturated carbocycles. The largest absolute Gasteiger partial charge is 0.299 e. The van der Waals surface area contributed by atoms with Gasteiger partial charge >= 0.3 is 0 Å². The third-order valence-electron chi connectivity index (χ3n) is 5.38. The van der Waals surface area contributed by atoms with Gasteiger partial charge in [-0.1, -0.05) is 24.3 Å². The van der Waals surface area contributed by atoms with Gasteiger partial charge in [-0.2, -0.15) is 4.31 Å². The van der Waals surface area contributed by atoms with Crippen molar-refractivity contribution < 1.29 is 13.3 Å². The van der Waals surface area contributed by atoms with E-state index in [2.05, 4.69) is 4.98 Å². The highest BCUT2D eigenvalue weighted by Crippen LogP contribution is 2.28. The van der Waals surface area contributed by atoms with Crippen molar-refractivity contribution in [3.8, 4) is 5.69 Å². The van der Waals surface area contributed by atoms with Crippen molar-refractivity contribution in [1.82, 2.24) is 13.9 Å². The number of nitro groups is 1. The standard InChI is InChI=1S/C22H20N4O4S/c1-16(24(2)31(29,30)20-13-11-19(12-14-20)26(27)28)17-7-9-18(10-8-17)25-15-23-21-5-3-4-6-22(21)25/h3-16H,1-2H3/t16-/m0/s1. The molecule has 0 bridgehead atoms. The molecule has 1 heterocycles. The lowest BCUT2D eigenvalue weighted by Gasteiger charge is -2.25. The highest BCUT2D eigenvalue weighted by molar-refractivity contribution is 7.89. The molecule has 158 valence electrons. The van der Waals surface area contributed by atoms with Crippen molar-refractivity contribution in [2.75, 3.05) is 7.05 Å². The first-order valence-corrected chi connectivity index (χ1v) is 11.0. The Balaban J connectivity index is 1.58. The summed E-state index contributed by atoms with van der Waals surface area (Å²) in [6, 6.07) is 19.9. The lowest BCUT2D eigenvalue weighted by Crippen LogP contribution is -2.29. The quantitative estimate of drug-likeness (QED) is 0.331. The van der Waals surface area contributed by atoms with Crippen LogP contribution in [0.3, 0.4) is 0 Å². The van der Waals surface area contributed by atoms with E-state index >= 15 is 0 Å². The monoisotopic (exact) mass is 436 g/mol. The third-order valence-corrected chi connectivity index (χ3v) is 7.32. The smallest absolute Gasteiger partial charge is 0.269 e. The Kier molecular flexibility index (Phi) is 5.30. The molecule has 8 nitrogen and oxygen atoms in total. The molecule has 0 spiro atoms. The molecule has 4 rings (SSSR count). The van der Waals surface area contributed by atoms with E-state index in [1.54, 1.807) is 13.3 Å². The summed E-state index contributed by atoms with van der Waals surface area (Å²) in [5.41, 5.74) is 3.47. The number of para-hydroxylation sites is 2. The predicted octanol–water partition coefficient (Wildman–Crippen LogP) is 4.32. The Morgan fingerprint density at radius 2 is 1.65 bits per heavy atom. The second-order valence-corrected chi connectivity index (χ2v) is 9.14. The van der Waals surface area contributed by atoms with Crippen LogP contribution in [0.15, 0.2) is 84.0 Å². The number of nitrogens with zero attached hydrogens (tertiary/aromatic N) is 4. The number of rotatable bonds is 6. The van der Waals surface area contributed by atoms with E-state index in [4.69, 9.17) is 0 Å². The maximum atomic E-state index is 13.0. The third kappa shape index (κ3) is 3.80. The first kappa shape index (κ1) is 20.7. The van der Waals surface area contributed by atoms with E-state index in [1.807, 2.05) is 53.1 Å². The Hall–Kier alpha value is -3.56. The molecule has 31 heavy (non-hydrogen) atoms. The van der Waals surface area contributed by atoms with Crippen LogP contribution in [0.1, 0.15) is 18.5 Å². The van der Waals surface area contributed by atoms with Gasteiger partial charge in [0.15, 0.2) is 0 Å². The summed E-state index contributed by atoms with van der Waals surface area (Å²) in [5.74, 6) is 0. The van der Waals surface area contributed by atoms with Crippen LogP contribution in [0.2, 0.25) is 0 Å². The van der Waals surface area contributed by atoms with Crippen LogP contribution in [0.4, 0.5) is 5.69 Å². The Morgan fingerprint density at radius 1 is 1.00 bits per heavy atom. The highest BCUT2D eigenvalue weighted by atomic mass is 32.2. The molecule has 0 saturated heterocycles. The maximum Gasteiger partial charge on any atom is 0.269 e. The van der Waals surface area contributed by atoms with Gasteiger partial charge in [-0.05, 0) is 48.9 Å². The molecule has 9 heteroatoms. The molecule has 0 aliphatic heterocycles. The Bertz CT molecular complexity index is 1350. The van der Waals surface area contributed by atoms with Crippen LogP contribution in [0.25, 0.3) is 16.7 Å². The molecule has 1 aromatic heterocycles. The van der Waals surface area contributed by atoms with E-state index in [-0.39, 0.29) is 10.6 Å². The van der Waals surface area contributed by atoms with Crippen molar-refractivity contribution in [3.63, 3.8) is 0 Å². The number of benzene rings is 3. The number of nitro benzene ring substituents is 1. The van der Waals surface area contributed by atoms with E-state index in [1.165, 1.54) is 35.6 Å². The Labute approximate surface area is 179 Å². The maximum absolute atomic E-state index is 13.0. The topological polar surface area (TPSA) is 98.3 Å². The van der Waals surface area contributed by atoms with Gasteiger partial charge in [-0.15, -0.1) is 0 Å². The van der Waals surface area contributed by atoms with Crippen molar-refractivity contribution in [2.24, 2.45) is 0 Å². The van der Waals surface area contributed by atoms with Crippen molar-refractivity contribution in [3.05, 3.63) is 94.8 Å². The molecule has 0 unspecified atom stereocenters. The minimum Gasteiger partial charge on any atom is -0.299 e. The number of aromatic nitrogens is 2. The van der Waals surface area contributed by atoms with Gasteiger partial charge < -0.3 is 0 Å². The van der Waals surface area contributed by atoms with E-state index in [0.717, 1.165) is 22.3 Å². The summed E-state index contributed by atoms with van der Waals surface area (Å²) in [7, 11) is -2.32. The average Bonchev–Trinajstić information content (AvgIpc) is 3.22. The van der Waals surface area contributed by atoms with Crippen molar-refractivity contribution in [1.29, 1.82) is 0 Å².